The molecule has 6 heteroatoms. The van der Waals surface area contributed by atoms with E-state index >= 15 is 0 Å². The van der Waals surface area contributed by atoms with Crippen LogP contribution in [0.5, 0.6) is 5.75 Å². The first-order chi connectivity index (χ1) is 13.5. The lowest BCUT2D eigenvalue weighted by molar-refractivity contribution is -0.122. The molecule has 146 valence electrons. The molecule has 1 aliphatic rings. The summed E-state index contributed by atoms with van der Waals surface area (Å²) in [5, 5.41) is 2.87. The third-order valence-electron chi connectivity index (χ3n) is 4.59. The monoisotopic (exact) mass is 380 g/mol. The van der Waals surface area contributed by atoms with Gasteiger partial charge in [-0.15, -0.1) is 0 Å². The highest BCUT2D eigenvalue weighted by Gasteiger charge is 2.34. The van der Waals surface area contributed by atoms with E-state index in [4.69, 9.17) is 4.74 Å². The van der Waals surface area contributed by atoms with E-state index in [1.165, 1.54) is 4.90 Å². The summed E-state index contributed by atoms with van der Waals surface area (Å²) in [5.41, 5.74) is 2.02. The van der Waals surface area contributed by atoms with Gasteiger partial charge in [0.2, 0.25) is 5.91 Å². The van der Waals surface area contributed by atoms with E-state index < -0.39 is 0 Å². The van der Waals surface area contributed by atoms with Crippen molar-refractivity contribution in [1.82, 2.24) is 10.2 Å². The molecular weight excluding hydrogens is 356 g/mol. The summed E-state index contributed by atoms with van der Waals surface area (Å²) in [5.74, 6) is 0.0516. The number of carbonyl (C=O) groups excluding carboxylic acids is 3. The van der Waals surface area contributed by atoms with Gasteiger partial charge in [-0.25, -0.2) is 0 Å². The molecule has 0 spiro atoms. The highest BCUT2D eigenvalue weighted by Crippen LogP contribution is 2.22. The van der Waals surface area contributed by atoms with Gasteiger partial charge in [0.1, 0.15) is 12.4 Å². The van der Waals surface area contributed by atoms with Gasteiger partial charge in [-0.3, -0.25) is 19.3 Å². The predicted molar refractivity (Wildman–Crippen MR) is 105 cm³/mol. The average Bonchev–Trinajstić information content (AvgIpc) is 2.93. The number of carbonyl (C=O) groups is 3. The average molecular weight is 380 g/mol. The fourth-order valence-corrected chi connectivity index (χ4v) is 3.08. The Morgan fingerprint density at radius 1 is 1.04 bits per heavy atom. The Hall–Kier alpha value is -3.15. The van der Waals surface area contributed by atoms with Crippen LogP contribution in [0.25, 0.3) is 0 Å². The van der Waals surface area contributed by atoms with Crippen LogP contribution in [0.2, 0.25) is 0 Å². The molecule has 2 aromatic carbocycles. The topological polar surface area (TPSA) is 75.7 Å². The molecule has 0 bridgehead atoms. The lowest BCUT2D eigenvalue weighted by atomic mass is 10.1. The van der Waals surface area contributed by atoms with Crippen molar-refractivity contribution in [3.63, 3.8) is 0 Å². The second kappa shape index (κ2) is 8.69. The van der Waals surface area contributed by atoms with E-state index in [-0.39, 0.29) is 36.7 Å². The molecule has 0 unspecified atom stereocenters. The highest BCUT2D eigenvalue weighted by molar-refractivity contribution is 6.21. The molecule has 28 heavy (non-hydrogen) atoms. The Labute approximate surface area is 164 Å². The van der Waals surface area contributed by atoms with Crippen molar-refractivity contribution in [2.45, 2.75) is 32.7 Å². The number of hydrogen-bond donors (Lipinski definition) is 1. The fourth-order valence-electron chi connectivity index (χ4n) is 3.08. The zero-order valence-electron chi connectivity index (χ0n) is 16.1. The summed E-state index contributed by atoms with van der Waals surface area (Å²) in [4.78, 5) is 37.9. The maximum absolute atomic E-state index is 12.3. The smallest absolute Gasteiger partial charge is 0.261 e. The van der Waals surface area contributed by atoms with Crippen molar-refractivity contribution in [1.29, 1.82) is 0 Å². The summed E-state index contributed by atoms with van der Waals surface area (Å²) >= 11 is 0. The quantitative estimate of drug-likeness (QED) is 0.715. The summed E-state index contributed by atoms with van der Waals surface area (Å²) in [6.07, 6.45) is 0.658. The fraction of sp³-hybridized carbons (Fsp3) is 0.318. The molecule has 3 rings (SSSR count). The SMILES string of the molecule is Cc1ccc(OC[C@H](C)NC(=O)CCCN2C(=O)c3ccccc3C2=O)cc1. The first kappa shape index (κ1) is 19.6. The first-order valence-electron chi connectivity index (χ1n) is 9.40. The van der Waals surface area contributed by atoms with Gasteiger partial charge in [0.25, 0.3) is 11.8 Å². The Bertz CT molecular complexity index is 841. The van der Waals surface area contributed by atoms with Crippen molar-refractivity contribution < 1.29 is 19.1 Å². The van der Waals surface area contributed by atoms with Gasteiger partial charge in [-0.05, 0) is 44.5 Å². The molecular formula is C22H24N2O4. The van der Waals surface area contributed by atoms with Gasteiger partial charge in [-0.2, -0.15) is 0 Å². The number of imide groups is 1. The van der Waals surface area contributed by atoms with Crippen molar-refractivity contribution in [3.8, 4) is 5.75 Å². The number of fused-ring (bicyclic) bond motifs is 1. The molecule has 6 nitrogen and oxygen atoms in total. The second-order valence-corrected chi connectivity index (χ2v) is 7.00. The number of aryl methyl sites for hydroxylation is 1. The van der Waals surface area contributed by atoms with E-state index in [2.05, 4.69) is 5.32 Å². The molecule has 0 aliphatic carbocycles. The van der Waals surface area contributed by atoms with E-state index in [9.17, 15) is 14.4 Å². The van der Waals surface area contributed by atoms with Crippen LogP contribution in [-0.2, 0) is 4.79 Å². The van der Waals surface area contributed by atoms with Crippen molar-refractivity contribution in [3.05, 3.63) is 65.2 Å². The highest BCUT2D eigenvalue weighted by atomic mass is 16.5. The first-order valence-corrected chi connectivity index (χ1v) is 9.40. The van der Waals surface area contributed by atoms with E-state index in [1.54, 1.807) is 24.3 Å². The third-order valence-corrected chi connectivity index (χ3v) is 4.59. The maximum atomic E-state index is 12.3. The van der Waals surface area contributed by atoms with Gasteiger partial charge >= 0.3 is 0 Å². The number of amides is 3. The van der Waals surface area contributed by atoms with Crippen LogP contribution < -0.4 is 10.1 Å². The molecule has 0 saturated heterocycles. The molecule has 1 atom stereocenters. The van der Waals surface area contributed by atoms with Gasteiger partial charge in [0, 0.05) is 13.0 Å². The van der Waals surface area contributed by atoms with Crippen LogP contribution in [0.1, 0.15) is 46.0 Å². The Balaban J connectivity index is 1.39. The van der Waals surface area contributed by atoms with Crippen LogP contribution >= 0.6 is 0 Å². The molecule has 1 heterocycles. The molecule has 0 fully saturated rings. The van der Waals surface area contributed by atoms with Crippen LogP contribution in [0, 0.1) is 6.92 Å². The summed E-state index contributed by atoms with van der Waals surface area (Å²) in [6.45, 7) is 4.48. The minimum absolute atomic E-state index is 0.128. The maximum Gasteiger partial charge on any atom is 0.261 e. The van der Waals surface area contributed by atoms with Gasteiger partial charge in [-0.1, -0.05) is 29.8 Å². The second-order valence-electron chi connectivity index (χ2n) is 7.00. The predicted octanol–water partition coefficient (Wildman–Crippen LogP) is 2.95. The molecule has 1 aliphatic heterocycles. The Kier molecular flexibility index (Phi) is 6.09. The van der Waals surface area contributed by atoms with Crippen LogP contribution in [0.15, 0.2) is 48.5 Å². The summed E-state index contributed by atoms with van der Waals surface area (Å²) in [6, 6.07) is 14.4. The standard InChI is InChI=1S/C22H24N2O4/c1-15-9-11-17(12-10-15)28-14-16(2)23-20(25)8-5-13-24-21(26)18-6-3-4-7-19(18)22(24)27/h3-4,6-7,9-12,16H,5,8,13-14H2,1-2H3,(H,23,25)/t16-/m0/s1. The number of rotatable bonds is 8. The molecule has 2 aromatic rings. The van der Waals surface area contributed by atoms with Crippen molar-refractivity contribution >= 4 is 17.7 Å². The minimum Gasteiger partial charge on any atom is -0.491 e. The van der Waals surface area contributed by atoms with E-state index in [0.717, 1.165) is 11.3 Å². The number of ether oxygens (including phenoxy) is 1. The van der Waals surface area contributed by atoms with E-state index in [1.807, 2.05) is 38.1 Å². The third kappa shape index (κ3) is 4.57. The molecule has 1 N–H and O–H groups in total. The van der Waals surface area contributed by atoms with Crippen LogP contribution in [-0.4, -0.2) is 41.8 Å². The number of hydrogen-bond acceptors (Lipinski definition) is 4. The normalized spacial score (nSPS) is 14.0. The van der Waals surface area contributed by atoms with Gasteiger partial charge < -0.3 is 10.1 Å². The van der Waals surface area contributed by atoms with Crippen molar-refractivity contribution in [2.24, 2.45) is 0 Å². The largest absolute Gasteiger partial charge is 0.491 e. The minimum atomic E-state index is -0.291. The van der Waals surface area contributed by atoms with Crippen LogP contribution in [0.4, 0.5) is 0 Å². The zero-order valence-corrected chi connectivity index (χ0v) is 16.1. The zero-order chi connectivity index (χ0) is 20.1. The lowest BCUT2D eigenvalue weighted by Gasteiger charge is -2.16. The van der Waals surface area contributed by atoms with Crippen LogP contribution in [0.3, 0.4) is 0 Å². The summed E-state index contributed by atoms with van der Waals surface area (Å²) < 4.78 is 5.66. The molecule has 0 aromatic heterocycles. The van der Waals surface area contributed by atoms with Crippen molar-refractivity contribution in [2.75, 3.05) is 13.2 Å². The lowest BCUT2D eigenvalue weighted by Crippen LogP contribution is -2.37. The number of nitrogens with one attached hydrogen (secondary N) is 1. The Morgan fingerprint density at radius 2 is 1.64 bits per heavy atom. The molecule has 0 radical (unpaired) electrons. The molecule has 3 amide bonds. The number of benzene rings is 2. The Morgan fingerprint density at radius 3 is 2.25 bits per heavy atom. The van der Waals surface area contributed by atoms with Gasteiger partial charge in [0.05, 0.1) is 17.2 Å². The molecule has 0 saturated carbocycles. The van der Waals surface area contributed by atoms with E-state index in [0.29, 0.717) is 24.2 Å². The summed E-state index contributed by atoms with van der Waals surface area (Å²) in [7, 11) is 0. The number of nitrogens with zero attached hydrogens (tertiary/aromatic N) is 1. The van der Waals surface area contributed by atoms with Gasteiger partial charge in [0.15, 0.2) is 0 Å².